The van der Waals surface area contributed by atoms with E-state index in [9.17, 15) is 10.1 Å². The van der Waals surface area contributed by atoms with Gasteiger partial charge < -0.3 is 10.7 Å². The van der Waals surface area contributed by atoms with E-state index in [-0.39, 0.29) is 5.78 Å². The van der Waals surface area contributed by atoms with E-state index < -0.39 is 0 Å². The van der Waals surface area contributed by atoms with Gasteiger partial charge in [0.2, 0.25) is 0 Å². The maximum absolute atomic E-state index is 12.7. The number of aromatic nitrogens is 1. The lowest BCUT2D eigenvalue weighted by atomic mass is 9.99. The van der Waals surface area contributed by atoms with Crippen molar-refractivity contribution >= 4 is 38.3 Å². The van der Waals surface area contributed by atoms with Crippen molar-refractivity contribution in [3.05, 3.63) is 63.8 Å². The number of nitriles is 1. The number of nitrogens with zero attached hydrogens (tertiary/aromatic N) is 1. The first kappa shape index (κ1) is 13.4. The summed E-state index contributed by atoms with van der Waals surface area (Å²) in [5.74, 6) is -0.169. The van der Waals surface area contributed by atoms with Crippen LogP contribution in [0.2, 0.25) is 0 Å². The molecular formula is C16H10BrN3O. The van der Waals surface area contributed by atoms with Gasteiger partial charge in [-0.25, -0.2) is 0 Å². The maximum atomic E-state index is 12.7. The smallest absolute Gasteiger partial charge is 0.195 e. The third-order valence-electron chi connectivity index (χ3n) is 3.25. The van der Waals surface area contributed by atoms with Gasteiger partial charge in [0.25, 0.3) is 0 Å². The fourth-order valence-electron chi connectivity index (χ4n) is 2.36. The van der Waals surface area contributed by atoms with Crippen LogP contribution in [-0.4, -0.2) is 10.8 Å². The van der Waals surface area contributed by atoms with E-state index in [1.54, 1.807) is 36.5 Å². The standard InChI is InChI=1S/C16H10BrN3O/c17-11-4-10(5-12(19)6-11)16(21)13-8-20-14-3-1-2-9(7-18)15(13)14/h1-6,8,20H,19H2. The van der Waals surface area contributed by atoms with Gasteiger partial charge in [0.1, 0.15) is 0 Å². The van der Waals surface area contributed by atoms with Gasteiger partial charge in [0, 0.05) is 38.4 Å². The number of rotatable bonds is 2. The molecule has 0 saturated carbocycles. The van der Waals surface area contributed by atoms with E-state index in [1.807, 2.05) is 6.07 Å². The lowest BCUT2D eigenvalue weighted by Gasteiger charge is -2.03. The number of aromatic amines is 1. The first-order valence-corrected chi connectivity index (χ1v) is 7.00. The lowest BCUT2D eigenvalue weighted by molar-refractivity contribution is 0.104. The van der Waals surface area contributed by atoms with Crippen LogP contribution in [0.25, 0.3) is 10.9 Å². The molecule has 1 heterocycles. The van der Waals surface area contributed by atoms with Crippen molar-refractivity contribution in [2.24, 2.45) is 0 Å². The molecule has 0 bridgehead atoms. The number of hydrogen-bond donors (Lipinski definition) is 2. The minimum Gasteiger partial charge on any atom is -0.399 e. The van der Waals surface area contributed by atoms with Crippen LogP contribution in [0, 0.1) is 11.3 Å². The molecule has 0 radical (unpaired) electrons. The van der Waals surface area contributed by atoms with Crippen LogP contribution in [0.1, 0.15) is 21.5 Å². The van der Waals surface area contributed by atoms with Crippen molar-refractivity contribution in [1.82, 2.24) is 4.98 Å². The van der Waals surface area contributed by atoms with Gasteiger partial charge in [-0.15, -0.1) is 0 Å². The van der Waals surface area contributed by atoms with Gasteiger partial charge in [0.15, 0.2) is 5.78 Å². The molecule has 0 spiro atoms. The molecule has 21 heavy (non-hydrogen) atoms. The van der Waals surface area contributed by atoms with Crippen LogP contribution in [0.5, 0.6) is 0 Å². The first-order valence-electron chi connectivity index (χ1n) is 6.21. The summed E-state index contributed by atoms with van der Waals surface area (Å²) < 4.78 is 0.742. The SMILES string of the molecule is N#Cc1cccc2[nH]cc(C(=O)c3cc(N)cc(Br)c3)c12. The van der Waals surface area contributed by atoms with Crippen molar-refractivity contribution in [1.29, 1.82) is 5.26 Å². The average molecular weight is 340 g/mol. The highest BCUT2D eigenvalue weighted by Gasteiger charge is 2.17. The second-order valence-electron chi connectivity index (χ2n) is 4.64. The Morgan fingerprint density at radius 3 is 2.81 bits per heavy atom. The van der Waals surface area contributed by atoms with E-state index in [0.29, 0.717) is 27.8 Å². The summed E-state index contributed by atoms with van der Waals surface area (Å²) in [4.78, 5) is 15.7. The number of carbonyl (C=O) groups is 1. The summed E-state index contributed by atoms with van der Waals surface area (Å²) in [6.45, 7) is 0. The zero-order valence-electron chi connectivity index (χ0n) is 10.9. The van der Waals surface area contributed by atoms with Crippen molar-refractivity contribution in [3.63, 3.8) is 0 Å². The quantitative estimate of drug-likeness (QED) is 0.552. The Hall–Kier alpha value is -2.58. The number of fused-ring (bicyclic) bond motifs is 1. The highest BCUT2D eigenvalue weighted by atomic mass is 79.9. The number of ketones is 1. The molecular weight excluding hydrogens is 330 g/mol. The third-order valence-corrected chi connectivity index (χ3v) is 3.71. The Balaban J connectivity index is 2.21. The molecule has 3 rings (SSSR count). The number of nitrogen functional groups attached to an aromatic ring is 1. The number of halogens is 1. The molecule has 0 saturated heterocycles. The van der Waals surface area contributed by atoms with Crippen molar-refractivity contribution < 1.29 is 4.79 Å². The monoisotopic (exact) mass is 339 g/mol. The number of anilines is 1. The van der Waals surface area contributed by atoms with Crippen LogP contribution < -0.4 is 5.73 Å². The molecule has 102 valence electrons. The van der Waals surface area contributed by atoms with Crippen LogP contribution in [0.15, 0.2) is 47.1 Å². The van der Waals surface area contributed by atoms with E-state index in [0.717, 1.165) is 9.99 Å². The van der Waals surface area contributed by atoms with Crippen LogP contribution in [-0.2, 0) is 0 Å². The molecule has 0 unspecified atom stereocenters. The summed E-state index contributed by atoms with van der Waals surface area (Å²) in [6, 6.07) is 12.5. The predicted molar refractivity (Wildman–Crippen MR) is 85.0 cm³/mol. The number of nitrogens with one attached hydrogen (secondary N) is 1. The summed E-state index contributed by atoms with van der Waals surface area (Å²) >= 11 is 3.33. The van der Waals surface area contributed by atoms with Crippen molar-refractivity contribution in [2.45, 2.75) is 0 Å². The molecule has 5 heteroatoms. The highest BCUT2D eigenvalue weighted by molar-refractivity contribution is 9.10. The number of nitrogens with two attached hydrogens (primary N) is 1. The Morgan fingerprint density at radius 1 is 1.29 bits per heavy atom. The minimum atomic E-state index is -0.169. The topological polar surface area (TPSA) is 82.7 Å². The first-order chi connectivity index (χ1) is 10.1. The number of hydrogen-bond acceptors (Lipinski definition) is 3. The Kier molecular flexibility index (Phi) is 3.24. The largest absolute Gasteiger partial charge is 0.399 e. The zero-order chi connectivity index (χ0) is 15.0. The van der Waals surface area contributed by atoms with Gasteiger partial charge in [-0.2, -0.15) is 5.26 Å². The summed E-state index contributed by atoms with van der Waals surface area (Å²) in [5, 5.41) is 9.86. The van der Waals surface area contributed by atoms with E-state index in [4.69, 9.17) is 5.73 Å². The second kappa shape index (κ2) is 5.08. The Morgan fingerprint density at radius 2 is 2.10 bits per heavy atom. The van der Waals surface area contributed by atoms with E-state index in [1.165, 1.54) is 0 Å². The predicted octanol–water partition coefficient (Wildman–Crippen LogP) is 3.62. The fourth-order valence-corrected chi connectivity index (χ4v) is 2.87. The number of carbonyl (C=O) groups excluding carboxylic acids is 1. The highest BCUT2D eigenvalue weighted by Crippen LogP contribution is 2.26. The molecule has 0 aliphatic carbocycles. The Labute approximate surface area is 129 Å². The normalized spacial score (nSPS) is 10.5. The van der Waals surface area contributed by atoms with Crippen molar-refractivity contribution in [2.75, 3.05) is 5.73 Å². The lowest BCUT2D eigenvalue weighted by Crippen LogP contribution is -2.02. The molecule has 4 nitrogen and oxygen atoms in total. The van der Waals surface area contributed by atoms with Crippen molar-refractivity contribution in [3.8, 4) is 6.07 Å². The van der Waals surface area contributed by atoms with Gasteiger partial charge in [-0.1, -0.05) is 22.0 Å². The van der Waals surface area contributed by atoms with Gasteiger partial charge >= 0.3 is 0 Å². The minimum absolute atomic E-state index is 0.169. The average Bonchev–Trinajstić information content (AvgIpc) is 2.89. The molecule has 0 aliphatic heterocycles. The van der Waals surface area contributed by atoms with E-state index >= 15 is 0 Å². The summed E-state index contributed by atoms with van der Waals surface area (Å²) in [6.07, 6.45) is 1.63. The molecule has 2 aromatic carbocycles. The molecule has 3 aromatic rings. The van der Waals surface area contributed by atoms with Gasteiger partial charge in [-0.3, -0.25) is 4.79 Å². The summed E-state index contributed by atoms with van der Waals surface area (Å²) in [5.41, 5.74) is 8.47. The molecule has 1 aromatic heterocycles. The molecule has 0 amide bonds. The van der Waals surface area contributed by atoms with Gasteiger partial charge in [-0.05, 0) is 30.3 Å². The Bertz CT molecular complexity index is 885. The molecule has 0 fully saturated rings. The fraction of sp³-hybridized carbons (Fsp3) is 0. The maximum Gasteiger partial charge on any atom is 0.195 e. The van der Waals surface area contributed by atoms with Crippen LogP contribution in [0.4, 0.5) is 5.69 Å². The number of benzene rings is 2. The molecule has 0 atom stereocenters. The zero-order valence-corrected chi connectivity index (χ0v) is 12.4. The van der Waals surface area contributed by atoms with Gasteiger partial charge in [0.05, 0.1) is 11.6 Å². The van der Waals surface area contributed by atoms with E-state index in [2.05, 4.69) is 27.0 Å². The van der Waals surface area contributed by atoms with Crippen LogP contribution >= 0.6 is 15.9 Å². The van der Waals surface area contributed by atoms with Crippen LogP contribution in [0.3, 0.4) is 0 Å². The third kappa shape index (κ3) is 2.30. The molecule has 3 N–H and O–H groups in total. The number of H-pyrrole nitrogens is 1. The second-order valence-corrected chi connectivity index (χ2v) is 5.56. The molecule has 0 aliphatic rings. The summed E-state index contributed by atoms with van der Waals surface area (Å²) in [7, 11) is 0.